The van der Waals surface area contributed by atoms with Gasteiger partial charge in [-0.3, -0.25) is 0 Å². The maximum absolute atomic E-state index is 4.39. The van der Waals surface area contributed by atoms with Crippen LogP contribution in [0.5, 0.6) is 0 Å². The number of hydrogen-bond acceptors (Lipinski definition) is 5. The van der Waals surface area contributed by atoms with E-state index in [1.54, 1.807) is 27.1 Å². The number of aliphatic imine (C=N–C) groups is 1. The minimum Gasteiger partial charge on any atom is -0.246 e. The molecule has 1 aliphatic heterocycles. The third kappa shape index (κ3) is 1.40. The largest absolute Gasteiger partial charge is 0.246 e. The van der Waals surface area contributed by atoms with Gasteiger partial charge in [0, 0.05) is 12.4 Å². The van der Waals surface area contributed by atoms with E-state index in [-0.39, 0.29) is 5.50 Å². The Balaban J connectivity index is 2.42. The summed E-state index contributed by atoms with van der Waals surface area (Å²) < 4.78 is 3.52. The highest BCUT2D eigenvalue weighted by Gasteiger charge is 2.07. The molecule has 1 unspecified atom stereocenters. The summed E-state index contributed by atoms with van der Waals surface area (Å²) in [6, 6.07) is 0. The molecule has 0 amide bonds. The first-order valence-electron chi connectivity index (χ1n) is 1.60. The first-order chi connectivity index (χ1) is 3.43. The Hall–Kier alpha value is 0.390. The molecule has 0 aromatic carbocycles. The van der Waals surface area contributed by atoms with Crippen molar-refractivity contribution in [2.75, 3.05) is 0 Å². The van der Waals surface area contributed by atoms with Crippen LogP contribution < -0.4 is 0 Å². The van der Waals surface area contributed by atoms with Gasteiger partial charge in [-0.2, -0.15) is 4.36 Å². The van der Waals surface area contributed by atoms with Gasteiger partial charge in [0.1, 0.15) is 0 Å². The smallest absolute Gasteiger partial charge is 0.209 e. The fraction of sp³-hybridized carbons (Fsp3) is 0.500. The second-order valence-corrected chi connectivity index (χ2v) is 3.26. The second-order valence-electron chi connectivity index (χ2n) is 0.879. The van der Waals surface area contributed by atoms with Gasteiger partial charge in [0.15, 0.2) is 0 Å². The lowest BCUT2D eigenvalue weighted by Crippen LogP contribution is -1.81. The maximum atomic E-state index is 4.39. The van der Waals surface area contributed by atoms with Crippen LogP contribution in [0.4, 0.5) is 0 Å². The van der Waals surface area contributed by atoms with E-state index in [2.05, 4.69) is 21.8 Å². The molecule has 7 heavy (non-hydrogen) atoms. The zero-order valence-electron chi connectivity index (χ0n) is 3.27. The maximum Gasteiger partial charge on any atom is 0.209 e. The minimum atomic E-state index is -0.0139. The first-order valence-corrected chi connectivity index (χ1v) is 4.24. The number of hydrogen-bond donors (Lipinski definition) is 0. The van der Waals surface area contributed by atoms with Crippen molar-refractivity contribution in [1.82, 2.24) is 0 Å². The molecule has 5 heteroatoms. The molecule has 0 N–H and O–H groups in total. The number of rotatable bonds is 1. The third-order valence-electron chi connectivity index (χ3n) is 0.463. The Morgan fingerprint density at radius 2 is 2.71 bits per heavy atom. The zero-order chi connectivity index (χ0) is 5.11. The van der Waals surface area contributed by atoms with Crippen molar-refractivity contribution in [1.29, 1.82) is 0 Å². The van der Waals surface area contributed by atoms with E-state index in [4.69, 9.17) is 0 Å². The molecule has 0 spiro atoms. The molecule has 0 radical (unpaired) electrons. The molecule has 2 nitrogen and oxygen atoms in total. The van der Waals surface area contributed by atoms with Gasteiger partial charge in [-0.15, -0.1) is 0 Å². The van der Waals surface area contributed by atoms with Crippen molar-refractivity contribution in [2.45, 2.75) is 5.50 Å². The number of nitrogens with zero attached hydrogens (tertiary/aromatic N) is 2. The predicted molar refractivity (Wildman–Crippen MR) is 37.3 cm³/mol. The average molecular weight is 150 g/mol. The Morgan fingerprint density at radius 3 is 3.00 bits per heavy atom. The van der Waals surface area contributed by atoms with Crippen LogP contribution >= 0.6 is 21.6 Å². The first kappa shape index (κ1) is 5.53. The van der Waals surface area contributed by atoms with Gasteiger partial charge in [-0.25, -0.2) is 4.99 Å². The van der Waals surface area contributed by atoms with E-state index in [1.165, 1.54) is 0 Å². The lowest BCUT2D eigenvalue weighted by atomic mass is 11.2. The van der Waals surface area contributed by atoms with Crippen LogP contribution in [-0.2, 0) is 12.4 Å². The average Bonchev–Trinajstić information content (AvgIpc) is 2.14. The van der Waals surface area contributed by atoms with Crippen LogP contribution in [0.1, 0.15) is 0 Å². The predicted octanol–water partition coefficient (Wildman–Crippen LogP) is 1.42. The summed E-state index contributed by atoms with van der Waals surface area (Å²) in [5.74, 6) is 0. The summed E-state index contributed by atoms with van der Waals surface area (Å²) in [6.07, 6.45) is 0. The lowest BCUT2D eigenvalue weighted by molar-refractivity contribution is 1.03. The zero-order valence-corrected chi connectivity index (χ0v) is 5.72. The Bertz CT molecular complexity index is 101. The summed E-state index contributed by atoms with van der Waals surface area (Å²) >= 11 is 4.39. The van der Waals surface area contributed by atoms with Gasteiger partial charge in [-0.05, 0) is 21.6 Å². The molecule has 0 saturated heterocycles. The van der Waals surface area contributed by atoms with E-state index in [9.17, 15) is 0 Å². The van der Waals surface area contributed by atoms with Crippen LogP contribution in [0.15, 0.2) is 9.36 Å². The van der Waals surface area contributed by atoms with Gasteiger partial charge in [-0.1, -0.05) is 0 Å². The lowest BCUT2D eigenvalue weighted by Gasteiger charge is -1.87. The Kier molecular flexibility index (Phi) is 2.08. The van der Waals surface area contributed by atoms with E-state index in [0.29, 0.717) is 0 Å². The Morgan fingerprint density at radius 1 is 1.86 bits per heavy atom. The van der Waals surface area contributed by atoms with Crippen LogP contribution in [-0.4, -0.2) is 11.0 Å². The van der Waals surface area contributed by atoms with Crippen molar-refractivity contribution in [2.24, 2.45) is 9.36 Å². The van der Waals surface area contributed by atoms with Crippen LogP contribution in [0.25, 0.3) is 0 Å². The second kappa shape index (κ2) is 2.64. The molecule has 0 aliphatic carbocycles. The molecule has 1 aliphatic rings. The topological polar surface area (TPSA) is 24.7 Å². The van der Waals surface area contributed by atoms with Crippen molar-refractivity contribution in [3.8, 4) is 0 Å². The van der Waals surface area contributed by atoms with E-state index < -0.39 is 0 Å². The third-order valence-corrected chi connectivity index (χ3v) is 2.62. The summed E-state index contributed by atoms with van der Waals surface area (Å²) in [5.41, 5.74) is 1.74. The highest BCUT2D eigenvalue weighted by atomic mass is 33.1. The van der Waals surface area contributed by atoms with Gasteiger partial charge in [0.25, 0.3) is 0 Å². The highest BCUT2D eigenvalue weighted by Crippen LogP contribution is 2.31. The molecule has 1 rings (SSSR count). The van der Waals surface area contributed by atoms with E-state index in [0.717, 1.165) is 0 Å². The molecule has 0 aromatic heterocycles. The molecule has 38 valence electrons. The molecule has 0 saturated carbocycles. The fourth-order valence-electron chi connectivity index (χ4n) is 0.221. The Labute approximate surface area is 54.7 Å². The molecule has 0 fully saturated rings. The van der Waals surface area contributed by atoms with Gasteiger partial charge >= 0.3 is 0 Å². The van der Waals surface area contributed by atoms with Gasteiger partial charge in [0.2, 0.25) is 5.50 Å². The summed E-state index contributed by atoms with van der Waals surface area (Å²) in [7, 11) is 3.14. The summed E-state index contributed by atoms with van der Waals surface area (Å²) in [5, 5.41) is 0. The molecular formula is C2H2N2S3. The van der Waals surface area contributed by atoms with Gasteiger partial charge in [0.05, 0.1) is 5.55 Å². The SMILES string of the molecule is S=NC1N=CSS1. The highest BCUT2D eigenvalue weighted by molar-refractivity contribution is 8.82. The van der Waals surface area contributed by atoms with Crippen molar-refractivity contribution in [3.63, 3.8) is 0 Å². The summed E-state index contributed by atoms with van der Waals surface area (Å²) in [6.45, 7) is 0. The fourth-order valence-corrected chi connectivity index (χ4v) is 1.98. The van der Waals surface area contributed by atoms with E-state index >= 15 is 0 Å². The van der Waals surface area contributed by atoms with Crippen LogP contribution in [0.2, 0.25) is 0 Å². The molecule has 1 atom stereocenters. The van der Waals surface area contributed by atoms with Crippen LogP contribution in [0, 0.1) is 0 Å². The normalized spacial score (nSPS) is 28.3. The molecule has 0 aromatic rings. The van der Waals surface area contributed by atoms with Crippen molar-refractivity contribution in [3.05, 3.63) is 0 Å². The standard InChI is InChI=1S/C2H2N2S3/c5-4-2-3-1-6-7-2/h1-2H. The molecule has 0 bridgehead atoms. The molecule has 1 heterocycles. The summed E-state index contributed by atoms with van der Waals surface area (Å²) in [4.78, 5) is 3.88. The van der Waals surface area contributed by atoms with Crippen molar-refractivity contribution < 1.29 is 0 Å². The van der Waals surface area contributed by atoms with E-state index in [1.807, 2.05) is 0 Å². The molecular weight excluding hydrogens is 148 g/mol. The minimum absolute atomic E-state index is 0.0139. The van der Waals surface area contributed by atoms with Crippen molar-refractivity contribution >= 4 is 39.6 Å². The monoisotopic (exact) mass is 150 g/mol. The van der Waals surface area contributed by atoms with Crippen LogP contribution in [0.3, 0.4) is 0 Å². The van der Waals surface area contributed by atoms with Gasteiger partial charge < -0.3 is 0 Å². The quantitative estimate of drug-likeness (QED) is 0.528.